The summed E-state index contributed by atoms with van der Waals surface area (Å²) >= 11 is 6.07. The van der Waals surface area contributed by atoms with Crippen LogP contribution in [-0.2, 0) is 0 Å². The number of benzene rings is 1. The third-order valence-electron chi connectivity index (χ3n) is 2.44. The van der Waals surface area contributed by atoms with Gasteiger partial charge in [-0.1, -0.05) is 11.6 Å². The lowest BCUT2D eigenvalue weighted by Crippen LogP contribution is -1.99. The van der Waals surface area contributed by atoms with Gasteiger partial charge in [0.2, 0.25) is 5.88 Å². The number of pyridine rings is 1. The summed E-state index contributed by atoms with van der Waals surface area (Å²) in [5.74, 6) is 0.896. The maximum Gasteiger partial charge on any atom is 0.238 e. The molecule has 0 aliphatic rings. The Hall–Kier alpha value is -2.45. The van der Waals surface area contributed by atoms with Crippen LogP contribution in [-0.4, -0.2) is 12.1 Å². The van der Waals surface area contributed by atoms with E-state index in [1.54, 1.807) is 30.3 Å². The van der Waals surface area contributed by atoms with Gasteiger partial charge in [-0.05, 0) is 30.3 Å². The molecule has 2 rings (SSSR count). The van der Waals surface area contributed by atoms with Gasteiger partial charge in [0, 0.05) is 0 Å². The molecule has 5 nitrogen and oxygen atoms in total. The topological polar surface area (TPSA) is 84.0 Å². The largest absolute Gasteiger partial charge is 0.479 e. The van der Waals surface area contributed by atoms with Gasteiger partial charge in [0.1, 0.15) is 5.82 Å². The molecule has 0 bridgehead atoms. The van der Waals surface area contributed by atoms with Crippen molar-refractivity contribution in [1.29, 1.82) is 5.26 Å². The highest BCUT2D eigenvalue weighted by atomic mass is 35.5. The van der Waals surface area contributed by atoms with E-state index in [1.807, 2.05) is 6.07 Å². The van der Waals surface area contributed by atoms with Gasteiger partial charge in [0.05, 0.1) is 35.1 Å². The van der Waals surface area contributed by atoms with Gasteiger partial charge in [-0.25, -0.2) is 0 Å². The molecule has 19 heavy (non-hydrogen) atoms. The smallest absolute Gasteiger partial charge is 0.238 e. The fraction of sp³-hybridized carbons (Fsp3) is 0.0769. The highest BCUT2D eigenvalue weighted by Gasteiger charge is 2.06. The van der Waals surface area contributed by atoms with E-state index in [0.717, 1.165) is 0 Å². The van der Waals surface area contributed by atoms with E-state index >= 15 is 0 Å². The minimum Gasteiger partial charge on any atom is -0.479 e. The molecule has 0 fully saturated rings. The number of methoxy groups -OCH3 is 1. The number of hydrogen-bond donors (Lipinski definition) is 2. The van der Waals surface area contributed by atoms with E-state index < -0.39 is 0 Å². The fourth-order valence-corrected chi connectivity index (χ4v) is 1.74. The summed E-state index contributed by atoms with van der Waals surface area (Å²) in [7, 11) is 1.50. The number of aromatic nitrogens is 1. The van der Waals surface area contributed by atoms with Crippen LogP contribution in [0.3, 0.4) is 0 Å². The Balaban J connectivity index is 2.29. The van der Waals surface area contributed by atoms with Crippen molar-refractivity contribution in [3.8, 4) is 11.9 Å². The van der Waals surface area contributed by atoms with E-state index in [1.165, 1.54) is 7.11 Å². The number of nitrogens with two attached hydrogens (primary N) is 1. The van der Waals surface area contributed by atoms with Gasteiger partial charge in [-0.2, -0.15) is 10.2 Å². The molecule has 6 heteroatoms. The number of hydrogen-bond acceptors (Lipinski definition) is 5. The van der Waals surface area contributed by atoms with Crippen LogP contribution >= 0.6 is 11.6 Å². The molecule has 0 spiro atoms. The number of nitrogens with one attached hydrogen (secondary N) is 1. The van der Waals surface area contributed by atoms with E-state index in [2.05, 4.69) is 10.3 Å². The maximum absolute atomic E-state index is 8.77. The lowest BCUT2D eigenvalue weighted by atomic mass is 10.2. The Morgan fingerprint density at radius 3 is 2.79 bits per heavy atom. The normalized spacial score (nSPS) is 9.74. The monoisotopic (exact) mass is 274 g/mol. The van der Waals surface area contributed by atoms with Crippen molar-refractivity contribution in [3.63, 3.8) is 0 Å². The third kappa shape index (κ3) is 2.87. The molecule has 3 N–H and O–H groups in total. The van der Waals surface area contributed by atoms with Crippen molar-refractivity contribution in [2.45, 2.75) is 0 Å². The van der Waals surface area contributed by atoms with Crippen molar-refractivity contribution >= 4 is 28.8 Å². The minimum absolute atomic E-state index is 0.342. The summed E-state index contributed by atoms with van der Waals surface area (Å²) in [6.07, 6.45) is 0. The van der Waals surface area contributed by atoms with Gasteiger partial charge < -0.3 is 15.8 Å². The van der Waals surface area contributed by atoms with Crippen molar-refractivity contribution in [2.75, 3.05) is 18.2 Å². The summed E-state index contributed by atoms with van der Waals surface area (Å²) in [6.45, 7) is 0. The first-order valence-electron chi connectivity index (χ1n) is 5.41. The average Bonchev–Trinajstić information content (AvgIpc) is 2.43. The quantitative estimate of drug-likeness (QED) is 0.899. The second-order valence-corrected chi connectivity index (χ2v) is 4.13. The molecule has 0 unspecified atom stereocenters. The molecule has 1 aromatic heterocycles. The molecule has 0 amide bonds. The van der Waals surface area contributed by atoms with Crippen molar-refractivity contribution in [2.24, 2.45) is 0 Å². The predicted molar refractivity (Wildman–Crippen MR) is 74.7 cm³/mol. The Morgan fingerprint density at radius 2 is 2.16 bits per heavy atom. The number of halogens is 1. The number of nitriles is 1. The van der Waals surface area contributed by atoms with Crippen LogP contribution in [0.1, 0.15) is 5.56 Å². The van der Waals surface area contributed by atoms with Gasteiger partial charge in [0.15, 0.2) is 0 Å². The van der Waals surface area contributed by atoms with E-state index in [0.29, 0.717) is 33.7 Å². The van der Waals surface area contributed by atoms with Crippen LogP contribution in [0.25, 0.3) is 0 Å². The lowest BCUT2D eigenvalue weighted by Gasteiger charge is -2.10. The molecular formula is C13H11ClN4O. The molecule has 0 radical (unpaired) electrons. The molecule has 0 atom stereocenters. The third-order valence-corrected chi connectivity index (χ3v) is 2.76. The molecule has 0 saturated carbocycles. The first-order valence-corrected chi connectivity index (χ1v) is 5.79. The zero-order valence-electron chi connectivity index (χ0n) is 10.1. The van der Waals surface area contributed by atoms with Crippen molar-refractivity contribution < 1.29 is 4.74 Å². The van der Waals surface area contributed by atoms with Gasteiger partial charge >= 0.3 is 0 Å². The molecule has 96 valence electrons. The summed E-state index contributed by atoms with van der Waals surface area (Å²) in [4.78, 5) is 4.19. The van der Waals surface area contributed by atoms with Crippen LogP contribution in [0.2, 0.25) is 5.02 Å². The van der Waals surface area contributed by atoms with Crippen LogP contribution in [0.4, 0.5) is 17.2 Å². The van der Waals surface area contributed by atoms with Gasteiger partial charge in [0.25, 0.3) is 0 Å². The van der Waals surface area contributed by atoms with E-state index in [4.69, 9.17) is 27.3 Å². The Kier molecular flexibility index (Phi) is 3.74. The highest BCUT2D eigenvalue weighted by molar-refractivity contribution is 6.33. The molecule has 0 aliphatic carbocycles. The zero-order valence-corrected chi connectivity index (χ0v) is 10.9. The van der Waals surface area contributed by atoms with Gasteiger partial charge in [-0.15, -0.1) is 0 Å². The summed E-state index contributed by atoms with van der Waals surface area (Å²) < 4.78 is 5.04. The lowest BCUT2D eigenvalue weighted by molar-refractivity contribution is 0.401. The number of rotatable bonds is 3. The molecule has 1 heterocycles. The molecular weight excluding hydrogens is 264 g/mol. The predicted octanol–water partition coefficient (Wildman–Crippen LogP) is 2.94. The van der Waals surface area contributed by atoms with Crippen LogP contribution in [0.15, 0.2) is 30.3 Å². The number of nitrogens with zero attached hydrogens (tertiary/aromatic N) is 2. The Bertz CT molecular complexity index is 652. The minimum atomic E-state index is 0.342. The fourth-order valence-electron chi connectivity index (χ4n) is 1.51. The maximum atomic E-state index is 8.77. The summed E-state index contributed by atoms with van der Waals surface area (Å²) in [5, 5.41) is 12.2. The number of anilines is 3. The summed E-state index contributed by atoms with van der Waals surface area (Å²) in [6, 6.07) is 10.4. The summed E-state index contributed by atoms with van der Waals surface area (Å²) in [5.41, 5.74) is 7.29. The molecule has 1 aromatic carbocycles. The van der Waals surface area contributed by atoms with E-state index in [9.17, 15) is 0 Å². The van der Waals surface area contributed by atoms with Crippen LogP contribution in [0.5, 0.6) is 5.88 Å². The average molecular weight is 275 g/mol. The Labute approximate surface area is 115 Å². The SMILES string of the molecule is COc1nc(Nc2ccc(C#N)cc2Cl)ccc1N. The first kappa shape index (κ1) is 13.0. The van der Waals surface area contributed by atoms with Crippen molar-refractivity contribution in [3.05, 3.63) is 40.9 Å². The van der Waals surface area contributed by atoms with Crippen molar-refractivity contribution in [1.82, 2.24) is 4.98 Å². The zero-order chi connectivity index (χ0) is 13.8. The second kappa shape index (κ2) is 5.46. The Morgan fingerprint density at radius 1 is 1.37 bits per heavy atom. The standard InChI is InChI=1S/C13H11ClN4O/c1-19-13-10(16)3-5-12(18-13)17-11-4-2-8(7-15)6-9(11)14/h2-6H,16H2,1H3,(H,17,18). The number of ether oxygens (including phenoxy) is 1. The number of nitrogen functional groups attached to an aromatic ring is 1. The molecule has 0 saturated heterocycles. The first-order chi connectivity index (χ1) is 9.13. The van der Waals surface area contributed by atoms with Gasteiger partial charge in [-0.3, -0.25) is 0 Å². The van der Waals surface area contributed by atoms with Crippen LogP contribution < -0.4 is 15.8 Å². The molecule has 0 aliphatic heterocycles. The van der Waals surface area contributed by atoms with Crippen LogP contribution in [0, 0.1) is 11.3 Å². The second-order valence-electron chi connectivity index (χ2n) is 3.73. The highest BCUT2D eigenvalue weighted by Crippen LogP contribution is 2.27. The van der Waals surface area contributed by atoms with E-state index in [-0.39, 0.29) is 0 Å². The molecule has 2 aromatic rings.